The molecule has 0 spiro atoms. The molecule has 4 rings (SSSR count). The first-order valence-electron chi connectivity index (χ1n) is 7.24. The normalized spacial score (nSPS) is 13.3. The number of carbonyl (C=O) groups is 1. The number of nitrogens with one attached hydrogen (secondary N) is 1. The van der Waals surface area contributed by atoms with Crippen molar-refractivity contribution in [3.05, 3.63) is 53.5 Å². The maximum Gasteiger partial charge on any atom is 0.231 e. The van der Waals surface area contributed by atoms with Crippen LogP contribution in [0.25, 0.3) is 11.3 Å². The van der Waals surface area contributed by atoms with Gasteiger partial charge < -0.3 is 10.2 Å². The van der Waals surface area contributed by atoms with Gasteiger partial charge in [-0.05, 0) is 29.8 Å². The van der Waals surface area contributed by atoms with Crippen LogP contribution in [0.5, 0.6) is 0 Å². The van der Waals surface area contributed by atoms with Gasteiger partial charge in [-0.3, -0.25) is 4.79 Å². The Hall–Kier alpha value is -2.73. The van der Waals surface area contributed by atoms with Crippen LogP contribution in [0.15, 0.2) is 48.0 Å². The number of amides is 1. The van der Waals surface area contributed by atoms with Crippen LogP contribution in [0.3, 0.4) is 0 Å². The Kier molecular flexibility index (Phi) is 3.31. The lowest BCUT2D eigenvalue weighted by Crippen LogP contribution is -2.20. The van der Waals surface area contributed by atoms with Crippen molar-refractivity contribution in [3.8, 4) is 11.3 Å². The maximum atomic E-state index is 11.8. The van der Waals surface area contributed by atoms with Gasteiger partial charge >= 0.3 is 0 Å². The van der Waals surface area contributed by atoms with Gasteiger partial charge in [-0.15, -0.1) is 11.3 Å². The summed E-state index contributed by atoms with van der Waals surface area (Å²) < 4.78 is 0. The first-order valence-corrected chi connectivity index (χ1v) is 8.12. The first-order chi connectivity index (χ1) is 11.2. The van der Waals surface area contributed by atoms with Gasteiger partial charge in [0.1, 0.15) is 5.82 Å². The Bertz CT molecular complexity index is 875. The Morgan fingerprint density at radius 3 is 3.00 bits per heavy atom. The fourth-order valence-electron chi connectivity index (χ4n) is 2.64. The van der Waals surface area contributed by atoms with E-state index in [1.807, 2.05) is 42.8 Å². The van der Waals surface area contributed by atoms with Crippen molar-refractivity contribution < 1.29 is 4.79 Å². The van der Waals surface area contributed by atoms with Crippen LogP contribution >= 0.6 is 11.3 Å². The summed E-state index contributed by atoms with van der Waals surface area (Å²) in [5.74, 6) is 0.905. The van der Waals surface area contributed by atoms with Gasteiger partial charge in [0, 0.05) is 29.9 Å². The number of thiazole rings is 1. The van der Waals surface area contributed by atoms with E-state index in [1.165, 1.54) is 11.3 Å². The third-order valence-corrected chi connectivity index (χ3v) is 4.61. The summed E-state index contributed by atoms with van der Waals surface area (Å²) in [6.07, 6.45) is 2.20. The highest BCUT2D eigenvalue weighted by Crippen LogP contribution is 2.33. The third kappa shape index (κ3) is 2.57. The van der Waals surface area contributed by atoms with Crippen molar-refractivity contribution in [3.63, 3.8) is 0 Å². The molecule has 1 aromatic carbocycles. The maximum absolute atomic E-state index is 11.8. The predicted molar refractivity (Wildman–Crippen MR) is 92.2 cm³/mol. The number of aromatic nitrogens is 2. The van der Waals surface area contributed by atoms with Crippen LogP contribution in [0.1, 0.15) is 5.56 Å². The molecule has 3 aromatic rings. The zero-order valence-corrected chi connectivity index (χ0v) is 13.3. The van der Waals surface area contributed by atoms with Gasteiger partial charge in [-0.1, -0.05) is 12.1 Å². The summed E-state index contributed by atoms with van der Waals surface area (Å²) >= 11 is 1.53. The van der Waals surface area contributed by atoms with E-state index < -0.39 is 0 Å². The van der Waals surface area contributed by atoms with E-state index in [4.69, 9.17) is 0 Å². The zero-order chi connectivity index (χ0) is 15.8. The van der Waals surface area contributed by atoms with Crippen molar-refractivity contribution in [1.29, 1.82) is 0 Å². The Balaban J connectivity index is 1.60. The van der Waals surface area contributed by atoms with Crippen molar-refractivity contribution in [2.75, 3.05) is 17.3 Å². The number of benzene rings is 1. The van der Waals surface area contributed by atoms with E-state index in [0.29, 0.717) is 6.42 Å². The molecule has 1 amide bonds. The van der Waals surface area contributed by atoms with Crippen molar-refractivity contribution in [2.45, 2.75) is 6.42 Å². The lowest BCUT2D eigenvalue weighted by Gasteiger charge is -2.09. The summed E-state index contributed by atoms with van der Waals surface area (Å²) in [7, 11) is 1.81. The molecule has 0 fully saturated rings. The number of carbonyl (C=O) groups excluding carboxylic acids is 1. The monoisotopic (exact) mass is 322 g/mol. The number of likely N-dealkylation sites (N-methyl/N-ethyl adjacent to an activating group) is 1. The number of pyridine rings is 1. The quantitative estimate of drug-likeness (QED) is 0.802. The summed E-state index contributed by atoms with van der Waals surface area (Å²) in [5.41, 5.74) is 3.97. The number of anilines is 3. The van der Waals surface area contributed by atoms with Crippen molar-refractivity contribution in [1.82, 2.24) is 9.97 Å². The van der Waals surface area contributed by atoms with Crippen LogP contribution in [0, 0.1) is 0 Å². The second-order valence-corrected chi connectivity index (χ2v) is 6.21. The number of rotatable bonds is 3. The van der Waals surface area contributed by atoms with Crippen LogP contribution in [0.2, 0.25) is 0 Å². The number of nitrogens with zero attached hydrogens (tertiary/aromatic N) is 3. The number of hydrogen-bond donors (Lipinski definition) is 1. The van der Waals surface area contributed by atoms with E-state index in [-0.39, 0.29) is 5.91 Å². The Morgan fingerprint density at radius 1 is 1.26 bits per heavy atom. The van der Waals surface area contributed by atoms with Crippen LogP contribution in [-0.2, 0) is 11.2 Å². The lowest BCUT2D eigenvalue weighted by atomic mass is 10.1. The minimum absolute atomic E-state index is 0.132. The highest BCUT2D eigenvalue weighted by atomic mass is 32.1. The van der Waals surface area contributed by atoms with E-state index in [0.717, 1.165) is 33.5 Å². The second kappa shape index (κ2) is 5.48. The van der Waals surface area contributed by atoms with E-state index >= 15 is 0 Å². The summed E-state index contributed by atoms with van der Waals surface area (Å²) in [6, 6.07) is 11.8. The minimum atomic E-state index is 0.132. The van der Waals surface area contributed by atoms with E-state index in [1.54, 1.807) is 11.1 Å². The van der Waals surface area contributed by atoms with Crippen molar-refractivity contribution >= 4 is 33.9 Å². The molecule has 3 heterocycles. The minimum Gasteiger partial charge on any atom is -0.316 e. The molecule has 0 radical (unpaired) electrons. The molecule has 2 aromatic heterocycles. The molecule has 114 valence electrons. The molecule has 0 saturated carbocycles. The summed E-state index contributed by atoms with van der Waals surface area (Å²) in [5, 5.41) is 6.00. The van der Waals surface area contributed by atoms with Crippen LogP contribution in [0.4, 0.5) is 16.6 Å². The standard InChI is InChI=1S/C17H14N4OS/c1-21-14-6-5-11(8-12(14)9-16(21)22)13-10-23-17(19-13)20-15-4-2-3-7-18-15/h2-8,10H,9H2,1H3,(H,18,19,20). The molecular formula is C17H14N4OS. The molecule has 1 aliphatic rings. The zero-order valence-electron chi connectivity index (χ0n) is 12.5. The molecule has 1 N–H and O–H groups in total. The van der Waals surface area contributed by atoms with Gasteiger partial charge in [0.25, 0.3) is 0 Å². The highest BCUT2D eigenvalue weighted by Gasteiger charge is 2.24. The van der Waals surface area contributed by atoms with Gasteiger partial charge in [0.2, 0.25) is 5.91 Å². The van der Waals surface area contributed by atoms with Crippen LogP contribution in [-0.4, -0.2) is 22.9 Å². The molecule has 0 bridgehead atoms. The first kappa shape index (κ1) is 13.9. The average molecular weight is 322 g/mol. The van der Waals surface area contributed by atoms with Gasteiger partial charge in [-0.25, -0.2) is 9.97 Å². The highest BCUT2D eigenvalue weighted by molar-refractivity contribution is 7.14. The third-order valence-electron chi connectivity index (χ3n) is 3.86. The summed E-state index contributed by atoms with van der Waals surface area (Å²) in [6.45, 7) is 0. The van der Waals surface area contributed by atoms with E-state index in [2.05, 4.69) is 21.4 Å². The molecule has 0 atom stereocenters. The fourth-order valence-corrected chi connectivity index (χ4v) is 3.37. The molecule has 23 heavy (non-hydrogen) atoms. The van der Waals surface area contributed by atoms with E-state index in [9.17, 15) is 4.79 Å². The molecule has 0 aliphatic carbocycles. The fraction of sp³-hybridized carbons (Fsp3) is 0.118. The van der Waals surface area contributed by atoms with Gasteiger partial charge in [-0.2, -0.15) is 0 Å². The molecule has 1 aliphatic heterocycles. The van der Waals surface area contributed by atoms with Crippen LogP contribution < -0.4 is 10.2 Å². The Labute approximate surface area is 137 Å². The molecule has 0 unspecified atom stereocenters. The van der Waals surface area contributed by atoms with Gasteiger partial charge in [0.15, 0.2) is 5.13 Å². The molecular weight excluding hydrogens is 308 g/mol. The number of hydrogen-bond acceptors (Lipinski definition) is 5. The lowest BCUT2D eigenvalue weighted by molar-refractivity contribution is -0.117. The average Bonchev–Trinajstić information content (AvgIpc) is 3.14. The Morgan fingerprint density at radius 2 is 2.17 bits per heavy atom. The second-order valence-electron chi connectivity index (χ2n) is 5.35. The number of fused-ring (bicyclic) bond motifs is 1. The van der Waals surface area contributed by atoms with Crippen molar-refractivity contribution in [2.24, 2.45) is 0 Å². The summed E-state index contributed by atoms with van der Waals surface area (Å²) in [4.78, 5) is 22.3. The SMILES string of the molecule is CN1C(=O)Cc2cc(-c3csc(Nc4ccccn4)n3)ccc21. The molecule has 6 heteroatoms. The topological polar surface area (TPSA) is 58.1 Å². The molecule has 5 nitrogen and oxygen atoms in total. The predicted octanol–water partition coefficient (Wildman–Crippen LogP) is 3.47. The largest absolute Gasteiger partial charge is 0.316 e. The van der Waals surface area contributed by atoms with Gasteiger partial charge in [0.05, 0.1) is 12.1 Å². The smallest absolute Gasteiger partial charge is 0.231 e. The molecule has 0 saturated heterocycles.